The molecule has 176 valence electrons. The summed E-state index contributed by atoms with van der Waals surface area (Å²) >= 11 is 0. The molecule has 2 aromatic heterocycles. The summed E-state index contributed by atoms with van der Waals surface area (Å²) in [4.78, 5) is 14.2. The van der Waals surface area contributed by atoms with Crippen molar-refractivity contribution in [2.75, 3.05) is 0 Å². The van der Waals surface area contributed by atoms with Crippen LogP contribution < -0.4 is 0 Å². The van der Waals surface area contributed by atoms with Crippen LogP contribution in [0.2, 0.25) is 0 Å². The van der Waals surface area contributed by atoms with Gasteiger partial charge in [-0.1, -0.05) is 72.8 Å². The molecular weight excluding hydrogens is 440 g/mol. The monoisotopic (exact) mass is 468 g/mol. The molecule has 0 N–H and O–H groups in total. The van der Waals surface area contributed by atoms with Gasteiger partial charge in [0.25, 0.3) is 0 Å². The van der Waals surface area contributed by atoms with Crippen LogP contribution in [0.3, 0.4) is 0 Å². The number of carbonyl (C=O) groups excluding carboxylic acids is 1. The molecule has 0 atom stereocenters. The van der Waals surface area contributed by atoms with Gasteiger partial charge in [-0.3, -0.25) is 4.79 Å². The highest BCUT2D eigenvalue weighted by atomic mass is 16.1. The molecule has 0 fully saturated rings. The molecule has 3 nitrogen and oxygen atoms in total. The summed E-state index contributed by atoms with van der Waals surface area (Å²) in [5.74, 6) is 0.0693. The van der Waals surface area contributed by atoms with Gasteiger partial charge in [-0.05, 0) is 60.4 Å². The van der Waals surface area contributed by atoms with Crippen molar-refractivity contribution in [2.45, 2.75) is 26.9 Å². The summed E-state index contributed by atoms with van der Waals surface area (Å²) < 4.78 is 4.34. The number of benzene rings is 4. The number of rotatable bonds is 6. The van der Waals surface area contributed by atoms with E-state index in [1.807, 2.05) is 48.8 Å². The molecule has 0 saturated carbocycles. The fourth-order valence-corrected chi connectivity index (χ4v) is 5.24. The van der Waals surface area contributed by atoms with E-state index in [0.29, 0.717) is 0 Å². The molecule has 0 amide bonds. The van der Waals surface area contributed by atoms with Crippen LogP contribution in [0.15, 0.2) is 109 Å². The van der Waals surface area contributed by atoms with Crippen molar-refractivity contribution in [1.82, 2.24) is 9.13 Å². The molecule has 0 aliphatic rings. The Morgan fingerprint density at radius 2 is 0.972 bits per heavy atom. The van der Waals surface area contributed by atoms with E-state index in [-0.39, 0.29) is 5.78 Å². The first kappa shape index (κ1) is 22.1. The van der Waals surface area contributed by atoms with Gasteiger partial charge in [-0.15, -0.1) is 0 Å². The van der Waals surface area contributed by atoms with Gasteiger partial charge in [0.05, 0.1) is 0 Å². The van der Waals surface area contributed by atoms with E-state index in [1.165, 1.54) is 0 Å². The molecular formula is C33H28N2O. The zero-order valence-electron chi connectivity index (χ0n) is 20.6. The van der Waals surface area contributed by atoms with Crippen LogP contribution in [0.5, 0.6) is 0 Å². The highest BCUT2D eigenvalue weighted by molar-refractivity contribution is 6.22. The minimum atomic E-state index is 0.0693. The second kappa shape index (κ2) is 9.01. The Morgan fingerprint density at radius 1 is 0.556 bits per heavy atom. The highest BCUT2D eigenvalue weighted by Crippen LogP contribution is 2.33. The highest BCUT2D eigenvalue weighted by Gasteiger charge is 2.21. The van der Waals surface area contributed by atoms with Crippen molar-refractivity contribution in [2.24, 2.45) is 0 Å². The van der Waals surface area contributed by atoms with Crippen LogP contribution in [0.4, 0.5) is 0 Å². The first-order chi connectivity index (χ1) is 17.7. The maximum atomic E-state index is 14.2. The number of carbonyl (C=O) groups is 1. The summed E-state index contributed by atoms with van der Waals surface area (Å²) in [5, 5.41) is 2.00. The van der Waals surface area contributed by atoms with Crippen LogP contribution in [0, 0.1) is 0 Å². The van der Waals surface area contributed by atoms with E-state index < -0.39 is 0 Å². The molecule has 36 heavy (non-hydrogen) atoms. The van der Waals surface area contributed by atoms with Crippen LogP contribution in [0.1, 0.15) is 29.8 Å². The first-order valence-corrected chi connectivity index (χ1v) is 12.6. The maximum Gasteiger partial charge on any atom is 0.197 e. The molecule has 0 unspecified atom stereocenters. The van der Waals surface area contributed by atoms with Crippen LogP contribution in [-0.2, 0) is 13.1 Å². The molecule has 0 radical (unpaired) electrons. The Balaban J connectivity index is 1.54. The van der Waals surface area contributed by atoms with Gasteiger partial charge >= 0.3 is 0 Å². The van der Waals surface area contributed by atoms with Crippen molar-refractivity contribution in [3.63, 3.8) is 0 Å². The lowest BCUT2D eigenvalue weighted by atomic mass is 9.97. The third kappa shape index (κ3) is 3.64. The summed E-state index contributed by atoms with van der Waals surface area (Å²) in [6.07, 6.45) is 4.05. The predicted octanol–water partition coefficient (Wildman–Crippen LogP) is 8.20. The summed E-state index contributed by atoms with van der Waals surface area (Å²) in [7, 11) is 0. The number of ketones is 1. The summed E-state index contributed by atoms with van der Waals surface area (Å²) in [5.41, 5.74) is 8.22. The van der Waals surface area contributed by atoms with E-state index in [1.54, 1.807) is 0 Å². The Labute approximate surface area is 211 Å². The van der Waals surface area contributed by atoms with Crippen molar-refractivity contribution < 1.29 is 4.79 Å². The van der Waals surface area contributed by atoms with E-state index in [0.717, 1.165) is 68.3 Å². The third-order valence-corrected chi connectivity index (χ3v) is 7.15. The zero-order chi connectivity index (χ0) is 24.6. The number of nitrogens with zero attached hydrogens (tertiary/aromatic N) is 2. The van der Waals surface area contributed by atoms with Gasteiger partial charge in [0.15, 0.2) is 5.78 Å². The Bertz CT molecular complexity index is 1580. The lowest BCUT2D eigenvalue weighted by Gasteiger charge is -2.05. The minimum absolute atomic E-state index is 0.0693. The molecule has 2 heterocycles. The van der Waals surface area contributed by atoms with Gasteiger partial charge < -0.3 is 9.13 Å². The Morgan fingerprint density at radius 3 is 1.36 bits per heavy atom. The number of aryl methyl sites for hydroxylation is 2. The van der Waals surface area contributed by atoms with Crippen molar-refractivity contribution in [3.05, 3.63) is 121 Å². The van der Waals surface area contributed by atoms with Gasteiger partial charge in [0.1, 0.15) is 0 Å². The molecule has 0 bridgehead atoms. The average molecular weight is 469 g/mol. The molecule has 3 heteroatoms. The normalized spacial score (nSPS) is 11.4. The number of aromatic nitrogens is 2. The van der Waals surface area contributed by atoms with Crippen molar-refractivity contribution in [1.29, 1.82) is 0 Å². The standard InChI is InChI=1S/C33H28N2O/c1-3-34-21-29(27-19-25(15-17-31(27)34)23-11-7-5-8-12-23)33(36)30-22-35(4-2)32-18-16-26(20-28(30)32)24-13-9-6-10-14-24/h5-22H,3-4H2,1-2H3. The molecule has 0 aliphatic heterocycles. The topological polar surface area (TPSA) is 26.9 Å². The van der Waals surface area contributed by atoms with E-state index in [4.69, 9.17) is 0 Å². The van der Waals surface area contributed by atoms with Crippen molar-refractivity contribution in [3.8, 4) is 22.3 Å². The Kier molecular flexibility index (Phi) is 5.54. The maximum absolute atomic E-state index is 14.2. The first-order valence-electron chi connectivity index (χ1n) is 12.6. The minimum Gasteiger partial charge on any atom is -0.347 e. The molecule has 6 rings (SSSR count). The molecule has 6 aromatic rings. The Hall–Kier alpha value is -4.37. The SMILES string of the molecule is CCn1cc(C(=O)c2cn(CC)c3ccc(-c4ccccc4)cc23)c2cc(-c3ccccc3)ccc21. The number of fused-ring (bicyclic) bond motifs is 2. The van der Waals surface area contributed by atoms with Gasteiger partial charge in [-0.25, -0.2) is 0 Å². The van der Waals surface area contributed by atoms with E-state index >= 15 is 0 Å². The van der Waals surface area contributed by atoms with Crippen LogP contribution in [-0.4, -0.2) is 14.9 Å². The van der Waals surface area contributed by atoms with Gasteiger partial charge in [-0.2, -0.15) is 0 Å². The largest absolute Gasteiger partial charge is 0.347 e. The lowest BCUT2D eigenvalue weighted by Crippen LogP contribution is -2.00. The second-order valence-electron chi connectivity index (χ2n) is 9.18. The second-order valence-corrected chi connectivity index (χ2v) is 9.18. The summed E-state index contributed by atoms with van der Waals surface area (Å²) in [6.45, 7) is 5.86. The van der Waals surface area contributed by atoms with Crippen molar-refractivity contribution >= 4 is 27.6 Å². The number of hydrogen-bond acceptors (Lipinski definition) is 1. The molecule has 0 saturated heterocycles. The average Bonchev–Trinajstić information content (AvgIpc) is 3.51. The third-order valence-electron chi connectivity index (χ3n) is 7.15. The lowest BCUT2D eigenvalue weighted by molar-refractivity contribution is 0.104. The summed E-state index contributed by atoms with van der Waals surface area (Å²) in [6, 6.07) is 33.6. The number of hydrogen-bond donors (Lipinski definition) is 0. The van der Waals surface area contributed by atoms with Crippen LogP contribution in [0.25, 0.3) is 44.1 Å². The molecule has 0 aliphatic carbocycles. The zero-order valence-corrected chi connectivity index (χ0v) is 20.6. The predicted molar refractivity (Wildman–Crippen MR) is 150 cm³/mol. The smallest absolute Gasteiger partial charge is 0.197 e. The van der Waals surface area contributed by atoms with E-state index in [2.05, 4.69) is 83.6 Å². The fraction of sp³-hybridized carbons (Fsp3) is 0.121. The molecule has 0 spiro atoms. The fourth-order valence-electron chi connectivity index (χ4n) is 5.24. The van der Waals surface area contributed by atoms with E-state index in [9.17, 15) is 4.79 Å². The van der Waals surface area contributed by atoms with Gasteiger partial charge in [0, 0.05) is 58.4 Å². The van der Waals surface area contributed by atoms with Crippen LogP contribution >= 0.6 is 0 Å². The quantitative estimate of drug-likeness (QED) is 0.226. The molecule has 4 aromatic carbocycles. The van der Waals surface area contributed by atoms with Gasteiger partial charge in [0.2, 0.25) is 0 Å².